The second-order valence-corrected chi connectivity index (χ2v) is 9.08. The minimum atomic E-state index is -2.30. The van der Waals surface area contributed by atoms with E-state index in [1.807, 2.05) is 13.0 Å². The fourth-order valence-electron chi connectivity index (χ4n) is 3.28. The van der Waals surface area contributed by atoms with Crippen LogP contribution in [0, 0.1) is 18.8 Å². The van der Waals surface area contributed by atoms with Gasteiger partial charge in [0.25, 0.3) is 0 Å². The topological polar surface area (TPSA) is 33.1 Å². The van der Waals surface area contributed by atoms with E-state index in [2.05, 4.69) is 23.0 Å². The fourth-order valence-corrected chi connectivity index (χ4v) is 5.22. The maximum Gasteiger partial charge on any atom is 0.301 e. The van der Waals surface area contributed by atoms with Crippen molar-refractivity contribution >= 4 is 23.1 Å². The number of thioether (sulfide) groups is 1. The smallest absolute Gasteiger partial charge is 0.301 e. The maximum absolute atomic E-state index is 12.8. The zero-order valence-electron chi connectivity index (χ0n) is 15.5. The lowest BCUT2D eigenvalue weighted by atomic mass is 9.91. The first-order chi connectivity index (χ1) is 12.9. The van der Waals surface area contributed by atoms with Crippen LogP contribution in [0.4, 0.5) is 13.2 Å². The van der Waals surface area contributed by atoms with Gasteiger partial charge in [-0.1, -0.05) is 36.1 Å². The molecule has 0 bridgehead atoms. The predicted molar refractivity (Wildman–Crippen MR) is 107 cm³/mol. The molecule has 1 aliphatic rings. The molecule has 0 aliphatic heterocycles. The average Bonchev–Trinajstić information content (AvgIpc) is 3.19. The van der Waals surface area contributed by atoms with Crippen LogP contribution in [-0.4, -0.2) is 21.9 Å². The summed E-state index contributed by atoms with van der Waals surface area (Å²) in [7, 11) is 0. The molecule has 2 unspecified atom stereocenters. The van der Waals surface area contributed by atoms with Crippen LogP contribution in [-0.2, 0) is 0 Å². The molecule has 7 heteroatoms. The van der Waals surface area contributed by atoms with Crippen molar-refractivity contribution in [2.24, 2.45) is 11.8 Å². The van der Waals surface area contributed by atoms with Crippen molar-refractivity contribution in [2.45, 2.75) is 55.9 Å². The molecule has 1 N–H and O–H groups in total. The highest BCUT2D eigenvalue weighted by molar-refractivity contribution is 8.01. The Kier molecular flexibility index (Phi) is 9.12. The number of aromatic nitrogens is 1. The van der Waals surface area contributed by atoms with E-state index in [0.29, 0.717) is 18.3 Å². The van der Waals surface area contributed by atoms with Gasteiger partial charge in [0.05, 0.1) is 6.10 Å². The SMILES string of the molecule is C=C1CCC(/C=C/CC(O)CCC(F)=C(F)F)[C@H]1CCSc1nc(C)cs1. The number of aliphatic hydroxyl groups excluding tert-OH is 1. The number of nitrogens with zero attached hydrogens (tertiary/aromatic N) is 1. The van der Waals surface area contributed by atoms with Gasteiger partial charge in [0.15, 0.2) is 5.83 Å². The molecule has 150 valence electrons. The Hall–Kier alpha value is -1.05. The number of rotatable bonds is 10. The number of hydrogen-bond acceptors (Lipinski definition) is 4. The maximum atomic E-state index is 12.8. The Morgan fingerprint density at radius 2 is 2.26 bits per heavy atom. The summed E-state index contributed by atoms with van der Waals surface area (Å²) in [5.74, 6) is 0.374. The van der Waals surface area contributed by atoms with Crippen molar-refractivity contribution < 1.29 is 18.3 Å². The third-order valence-electron chi connectivity index (χ3n) is 4.79. The van der Waals surface area contributed by atoms with E-state index < -0.39 is 24.4 Å². The molecule has 1 saturated carbocycles. The van der Waals surface area contributed by atoms with Crippen molar-refractivity contribution in [3.8, 4) is 0 Å². The first-order valence-corrected chi connectivity index (χ1v) is 11.0. The monoisotopic (exact) mass is 417 g/mol. The van der Waals surface area contributed by atoms with Gasteiger partial charge in [-0.05, 0) is 50.9 Å². The van der Waals surface area contributed by atoms with Gasteiger partial charge >= 0.3 is 6.08 Å². The second-order valence-electron chi connectivity index (χ2n) is 6.88. The number of halogens is 3. The quantitative estimate of drug-likeness (QED) is 0.340. The van der Waals surface area contributed by atoms with Crippen LogP contribution in [0.5, 0.6) is 0 Å². The zero-order chi connectivity index (χ0) is 19.8. The first kappa shape index (κ1) is 22.2. The van der Waals surface area contributed by atoms with E-state index >= 15 is 0 Å². The number of allylic oxidation sites excluding steroid dienone is 3. The van der Waals surface area contributed by atoms with Gasteiger partial charge in [-0.2, -0.15) is 8.78 Å². The van der Waals surface area contributed by atoms with E-state index in [-0.39, 0.29) is 6.42 Å². The average molecular weight is 418 g/mol. The van der Waals surface area contributed by atoms with Gasteiger partial charge in [0.1, 0.15) is 4.34 Å². The summed E-state index contributed by atoms with van der Waals surface area (Å²) < 4.78 is 37.9. The largest absolute Gasteiger partial charge is 0.393 e. The van der Waals surface area contributed by atoms with E-state index in [9.17, 15) is 18.3 Å². The standard InChI is InChI=1S/C20H26F3NOS2/c1-13-6-7-15(4-3-5-16(25)8-9-18(21)19(22)23)17(13)10-11-26-20-24-14(2)12-27-20/h3-4,12,15-17,25H,1,5-11H2,2H3/b4-3+/t15?,16?,17-/m0/s1. The Balaban J connectivity index is 1.75. The van der Waals surface area contributed by atoms with Crippen LogP contribution in [0.2, 0.25) is 0 Å². The molecule has 1 heterocycles. The van der Waals surface area contributed by atoms with Crippen LogP contribution in [0.3, 0.4) is 0 Å². The molecule has 1 aromatic heterocycles. The minimum absolute atomic E-state index is 0.00180. The summed E-state index contributed by atoms with van der Waals surface area (Å²) in [6.07, 6.45) is 3.91. The molecular formula is C20H26F3NOS2. The lowest BCUT2D eigenvalue weighted by molar-refractivity contribution is 0.164. The summed E-state index contributed by atoms with van der Waals surface area (Å²) in [5.41, 5.74) is 2.32. The summed E-state index contributed by atoms with van der Waals surface area (Å²) in [6, 6.07) is 0. The van der Waals surface area contributed by atoms with Crippen LogP contribution < -0.4 is 0 Å². The summed E-state index contributed by atoms with van der Waals surface area (Å²) in [4.78, 5) is 4.46. The number of hydrogen-bond donors (Lipinski definition) is 1. The Labute approximate surface area is 167 Å². The van der Waals surface area contributed by atoms with Crippen LogP contribution in [0.15, 0.2) is 45.9 Å². The normalized spacial score (nSPS) is 21.1. The molecule has 2 nitrogen and oxygen atoms in total. The highest BCUT2D eigenvalue weighted by atomic mass is 32.2. The third kappa shape index (κ3) is 7.47. The first-order valence-electron chi connectivity index (χ1n) is 9.13. The van der Waals surface area contributed by atoms with Crippen molar-refractivity contribution in [2.75, 3.05) is 5.75 Å². The minimum Gasteiger partial charge on any atom is -0.393 e. The van der Waals surface area contributed by atoms with Crippen molar-refractivity contribution in [3.05, 3.63) is 47.3 Å². The lowest BCUT2D eigenvalue weighted by Crippen LogP contribution is -2.09. The van der Waals surface area contributed by atoms with Crippen LogP contribution >= 0.6 is 23.1 Å². The van der Waals surface area contributed by atoms with Gasteiger partial charge < -0.3 is 5.11 Å². The summed E-state index contributed by atoms with van der Waals surface area (Å²) >= 11 is 3.44. The third-order valence-corrected chi connectivity index (χ3v) is 6.96. The molecule has 3 atom stereocenters. The van der Waals surface area contributed by atoms with Gasteiger partial charge in [0, 0.05) is 23.2 Å². The molecule has 0 aromatic carbocycles. The lowest BCUT2D eigenvalue weighted by Gasteiger charge is -2.17. The van der Waals surface area contributed by atoms with Crippen molar-refractivity contribution in [1.82, 2.24) is 4.98 Å². The Morgan fingerprint density at radius 1 is 1.48 bits per heavy atom. The molecular weight excluding hydrogens is 391 g/mol. The molecule has 0 spiro atoms. The summed E-state index contributed by atoms with van der Waals surface area (Å²) in [6.45, 7) is 6.19. The molecule has 27 heavy (non-hydrogen) atoms. The molecule has 1 aromatic rings. The zero-order valence-corrected chi connectivity index (χ0v) is 17.1. The van der Waals surface area contributed by atoms with Crippen LogP contribution in [0.25, 0.3) is 0 Å². The predicted octanol–water partition coefficient (Wildman–Crippen LogP) is 6.68. The van der Waals surface area contributed by atoms with Gasteiger partial charge in [-0.15, -0.1) is 11.3 Å². The van der Waals surface area contributed by atoms with Crippen LogP contribution in [0.1, 0.15) is 44.2 Å². The van der Waals surface area contributed by atoms with Crippen molar-refractivity contribution in [3.63, 3.8) is 0 Å². The van der Waals surface area contributed by atoms with E-state index in [0.717, 1.165) is 35.0 Å². The Morgan fingerprint density at radius 3 is 2.93 bits per heavy atom. The molecule has 1 aliphatic carbocycles. The van der Waals surface area contributed by atoms with Gasteiger partial charge in [0.2, 0.25) is 0 Å². The number of aliphatic hydroxyl groups is 1. The van der Waals surface area contributed by atoms with Crippen molar-refractivity contribution in [1.29, 1.82) is 0 Å². The molecule has 0 saturated heterocycles. The number of thiazole rings is 1. The van der Waals surface area contributed by atoms with Gasteiger partial charge in [-0.3, -0.25) is 0 Å². The highest BCUT2D eigenvalue weighted by Gasteiger charge is 2.28. The molecule has 0 amide bonds. The molecule has 0 radical (unpaired) electrons. The van der Waals surface area contributed by atoms with Gasteiger partial charge in [-0.25, -0.2) is 9.37 Å². The van der Waals surface area contributed by atoms with E-state index in [4.69, 9.17) is 0 Å². The number of aryl methyl sites for hydroxylation is 1. The Bertz CT molecular complexity index is 683. The highest BCUT2D eigenvalue weighted by Crippen LogP contribution is 2.40. The van der Waals surface area contributed by atoms with E-state index in [1.165, 1.54) is 5.57 Å². The summed E-state index contributed by atoms with van der Waals surface area (Å²) in [5, 5.41) is 11.9. The molecule has 2 rings (SSSR count). The fraction of sp³-hybridized carbons (Fsp3) is 0.550. The van der Waals surface area contributed by atoms with E-state index in [1.54, 1.807) is 23.1 Å². The molecule has 1 fully saturated rings. The second kappa shape index (κ2) is 11.1.